The average Bonchev–Trinajstić information content (AvgIpc) is 2.70. The van der Waals surface area contributed by atoms with Crippen LogP contribution in [0.15, 0.2) is 60.7 Å². The third-order valence-corrected chi connectivity index (χ3v) is 5.44. The molecule has 0 aromatic heterocycles. The highest BCUT2D eigenvalue weighted by Gasteiger charge is 2.29. The Balaban J connectivity index is 1.55. The number of amides is 1. The highest BCUT2D eigenvalue weighted by molar-refractivity contribution is 5.84. The van der Waals surface area contributed by atoms with E-state index in [1.807, 2.05) is 42.3 Å². The minimum absolute atomic E-state index is 0.139. The monoisotopic (exact) mass is 351 g/mol. The molecule has 138 valence electrons. The van der Waals surface area contributed by atoms with Gasteiger partial charge < -0.3 is 10.6 Å². The van der Waals surface area contributed by atoms with Crippen molar-refractivity contribution in [3.63, 3.8) is 0 Å². The minimum atomic E-state index is -0.247. The van der Waals surface area contributed by atoms with Crippen molar-refractivity contribution < 1.29 is 4.79 Å². The SMILES string of the molecule is CN(C(=O)C(CN)c1ccccc1)C1CCN(Cc2ccccc2)CC1. The maximum Gasteiger partial charge on any atom is 0.231 e. The predicted octanol–water partition coefficient (Wildman–Crippen LogP) is 2.85. The van der Waals surface area contributed by atoms with Crippen LogP contribution in [-0.2, 0) is 11.3 Å². The molecule has 1 heterocycles. The van der Waals surface area contributed by atoms with Gasteiger partial charge in [0, 0.05) is 39.3 Å². The highest BCUT2D eigenvalue weighted by Crippen LogP contribution is 2.22. The van der Waals surface area contributed by atoms with Crippen LogP contribution in [0.3, 0.4) is 0 Å². The molecule has 26 heavy (non-hydrogen) atoms. The average molecular weight is 351 g/mol. The van der Waals surface area contributed by atoms with Crippen LogP contribution in [0.5, 0.6) is 0 Å². The van der Waals surface area contributed by atoms with Crippen LogP contribution in [0, 0.1) is 0 Å². The Bertz CT molecular complexity index is 681. The summed E-state index contributed by atoms with van der Waals surface area (Å²) in [4.78, 5) is 17.4. The molecule has 2 N–H and O–H groups in total. The van der Waals surface area contributed by atoms with E-state index in [-0.39, 0.29) is 11.8 Å². The molecule has 0 aliphatic carbocycles. The van der Waals surface area contributed by atoms with Crippen LogP contribution < -0.4 is 5.73 Å². The molecule has 1 amide bonds. The maximum absolute atomic E-state index is 13.0. The number of benzene rings is 2. The van der Waals surface area contributed by atoms with E-state index in [0.29, 0.717) is 12.6 Å². The van der Waals surface area contributed by atoms with Crippen molar-refractivity contribution in [3.8, 4) is 0 Å². The van der Waals surface area contributed by atoms with E-state index < -0.39 is 0 Å². The second-order valence-corrected chi connectivity index (χ2v) is 7.14. The Morgan fingerprint density at radius 2 is 1.65 bits per heavy atom. The number of hydrogen-bond donors (Lipinski definition) is 1. The van der Waals surface area contributed by atoms with Crippen molar-refractivity contribution in [2.75, 3.05) is 26.7 Å². The smallest absolute Gasteiger partial charge is 0.231 e. The molecular formula is C22H29N3O. The first-order valence-electron chi connectivity index (χ1n) is 9.47. The lowest BCUT2D eigenvalue weighted by atomic mass is 9.95. The van der Waals surface area contributed by atoms with Gasteiger partial charge in [-0.15, -0.1) is 0 Å². The lowest BCUT2D eigenvalue weighted by molar-refractivity contribution is -0.134. The molecule has 3 rings (SSSR count). The van der Waals surface area contributed by atoms with Crippen LogP contribution >= 0.6 is 0 Å². The first kappa shape index (κ1) is 18.6. The molecule has 1 aliphatic rings. The number of rotatable bonds is 6. The number of nitrogens with zero attached hydrogens (tertiary/aromatic N) is 2. The molecule has 0 radical (unpaired) electrons. The Hall–Kier alpha value is -2.17. The van der Waals surface area contributed by atoms with Gasteiger partial charge in [0.1, 0.15) is 0 Å². The molecule has 1 atom stereocenters. The van der Waals surface area contributed by atoms with Crippen molar-refractivity contribution in [2.45, 2.75) is 31.3 Å². The van der Waals surface area contributed by atoms with Crippen molar-refractivity contribution >= 4 is 5.91 Å². The summed E-state index contributed by atoms with van der Waals surface area (Å²) in [6.07, 6.45) is 2.03. The third-order valence-electron chi connectivity index (χ3n) is 5.44. The van der Waals surface area contributed by atoms with Gasteiger partial charge >= 0.3 is 0 Å². The Morgan fingerprint density at radius 3 is 2.23 bits per heavy atom. The first-order valence-corrected chi connectivity index (χ1v) is 9.47. The number of carbonyl (C=O) groups excluding carboxylic acids is 1. The van der Waals surface area contributed by atoms with Gasteiger partial charge in [-0.05, 0) is 24.0 Å². The van der Waals surface area contributed by atoms with Gasteiger partial charge in [0.15, 0.2) is 0 Å². The van der Waals surface area contributed by atoms with Crippen molar-refractivity contribution in [1.82, 2.24) is 9.80 Å². The summed E-state index contributed by atoms with van der Waals surface area (Å²) in [6, 6.07) is 20.8. The summed E-state index contributed by atoms with van der Waals surface area (Å²) in [6.45, 7) is 3.38. The lowest BCUT2D eigenvalue weighted by Gasteiger charge is -2.38. The van der Waals surface area contributed by atoms with E-state index in [1.165, 1.54) is 5.56 Å². The van der Waals surface area contributed by atoms with Crippen LogP contribution in [-0.4, -0.2) is 48.4 Å². The fourth-order valence-corrected chi connectivity index (χ4v) is 3.80. The molecule has 0 bridgehead atoms. The van der Waals surface area contributed by atoms with Crippen molar-refractivity contribution in [2.24, 2.45) is 5.73 Å². The van der Waals surface area contributed by atoms with E-state index in [9.17, 15) is 4.79 Å². The lowest BCUT2D eigenvalue weighted by Crippen LogP contribution is -2.47. The minimum Gasteiger partial charge on any atom is -0.342 e. The summed E-state index contributed by atoms with van der Waals surface area (Å²) in [5, 5.41) is 0. The van der Waals surface area contributed by atoms with E-state index in [2.05, 4.69) is 35.2 Å². The molecule has 1 aliphatic heterocycles. The molecule has 4 heteroatoms. The Labute approximate surface area is 156 Å². The van der Waals surface area contributed by atoms with Gasteiger partial charge in [0.25, 0.3) is 0 Å². The highest BCUT2D eigenvalue weighted by atomic mass is 16.2. The molecule has 4 nitrogen and oxygen atoms in total. The fourth-order valence-electron chi connectivity index (χ4n) is 3.80. The standard InChI is InChI=1S/C22H29N3O/c1-24(22(26)21(16-23)19-10-6-3-7-11-19)20-12-14-25(15-13-20)17-18-8-4-2-5-9-18/h2-11,20-21H,12-17,23H2,1H3. The first-order chi connectivity index (χ1) is 12.7. The van der Waals surface area contributed by atoms with Gasteiger partial charge in [0.05, 0.1) is 5.92 Å². The zero-order valence-corrected chi connectivity index (χ0v) is 15.6. The summed E-state index contributed by atoms with van der Waals surface area (Å²) < 4.78 is 0. The van der Waals surface area contributed by atoms with Crippen LogP contribution in [0.1, 0.15) is 29.9 Å². The topological polar surface area (TPSA) is 49.6 Å². The summed E-state index contributed by atoms with van der Waals surface area (Å²) in [5.74, 6) is -0.108. The normalized spacial score (nSPS) is 17.0. The molecule has 2 aromatic rings. The van der Waals surface area contributed by atoms with E-state index in [0.717, 1.165) is 38.0 Å². The second-order valence-electron chi connectivity index (χ2n) is 7.14. The second kappa shape index (κ2) is 8.97. The number of carbonyl (C=O) groups is 1. The number of hydrogen-bond acceptors (Lipinski definition) is 3. The number of likely N-dealkylation sites (N-methyl/N-ethyl adjacent to an activating group) is 1. The molecule has 2 aromatic carbocycles. The van der Waals surface area contributed by atoms with E-state index >= 15 is 0 Å². The van der Waals surface area contributed by atoms with Gasteiger partial charge in [-0.2, -0.15) is 0 Å². The van der Waals surface area contributed by atoms with Gasteiger partial charge in [-0.25, -0.2) is 0 Å². The van der Waals surface area contributed by atoms with Crippen molar-refractivity contribution in [1.29, 1.82) is 0 Å². The third kappa shape index (κ3) is 4.51. The molecule has 1 saturated heterocycles. The number of likely N-dealkylation sites (tertiary alicyclic amines) is 1. The molecule has 1 unspecified atom stereocenters. The van der Waals surface area contributed by atoms with Crippen LogP contribution in [0.2, 0.25) is 0 Å². The zero-order chi connectivity index (χ0) is 18.4. The van der Waals surface area contributed by atoms with E-state index in [4.69, 9.17) is 5.73 Å². The van der Waals surface area contributed by atoms with E-state index in [1.54, 1.807) is 0 Å². The van der Waals surface area contributed by atoms with Crippen molar-refractivity contribution in [3.05, 3.63) is 71.8 Å². The zero-order valence-electron chi connectivity index (χ0n) is 15.6. The van der Waals surface area contributed by atoms with Gasteiger partial charge in [-0.3, -0.25) is 9.69 Å². The molecule has 0 spiro atoms. The van der Waals surface area contributed by atoms with Gasteiger partial charge in [-0.1, -0.05) is 60.7 Å². The largest absolute Gasteiger partial charge is 0.342 e. The van der Waals surface area contributed by atoms with Crippen LogP contribution in [0.25, 0.3) is 0 Å². The Kier molecular flexibility index (Phi) is 6.42. The molecule has 0 saturated carbocycles. The van der Waals surface area contributed by atoms with Gasteiger partial charge in [0.2, 0.25) is 5.91 Å². The predicted molar refractivity (Wildman–Crippen MR) is 106 cm³/mol. The summed E-state index contributed by atoms with van der Waals surface area (Å²) >= 11 is 0. The fraction of sp³-hybridized carbons (Fsp3) is 0.409. The quantitative estimate of drug-likeness (QED) is 0.871. The summed E-state index contributed by atoms with van der Waals surface area (Å²) in [5.41, 5.74) is 8.28. The Morgan fingerprint density at radius 1 is 1.08 bits per heavy atom. The molecular weight excluding hydrogens is 322 g/mol. The maximum atomic E-state index is 13.0. The number of nitrogens with two attached hydrogens (primary N) is 1. The number of piperidine rings is 1. The summed E-state index contributed by atoms with van der Waals surface area (Å²) in [7, 11) is 1.94. The van der Waals surface area contributed by atoms with Crippen LogP contribution in [0.4, 0.5) is 0 Å². The molecule has 1 fully saturated rings.